The number of carbonyl (C=O) groups excluding carboxylic acids is 2. The Balaban J connectivity index is 1.49. The number of rotatable bonds is 7. The summed E-state index contributed by atoms with van der Waals surface area (Å²) in [7, 11) is 1.63. The van der Waals surface area contributed by atoms with Crippen LogP contribution in [0.4, 0.5) is 0 Å². The van der Waals surface area contributed by atoms with E-state index in [1.807, 2.05) is 34.9 Å². The van der Waals surface area contributed by atoms with E-state index in [0.29, 0.717) is 44.2 Å². The van der Waals surface area contributed by atoms with Crippen LogP contribution in [-0.4, -0.2) is 61.5 Å². The molecule has 1 saturated carbocycles. The molecular formula is C24H36N2O4. The lowest BCUT2D eigenvalue weighted by atomic mass is 9.88. The molecule has 1 aliphatic carbocycles. The topological polar surface area (TPSA) is 59.1 Å². The number of amides is 2. The second-order valence-corrected chi connectivity index (χ2v) is 8.31. The Kier molecular flexibility index (Phi) is 8.40. The van der Waals surface area contributed by atoms with Crippen molar-refractivity contribution in [3.8, 4) is 11.5 Å². The van der Waals surface area contributed by atoms with E-state index in [0.717, 1.165) is 43.7 Å². The number of methoxy groups -OCH3 is 1. The molecule has 1 saturated heterocycles. The van der Waals surface area contributed by atoms with Gasteiger partial charge >= 0.3 is 0 Å². The molecule has 6 heteroatoms. The van der Waals surface area contributed by atoms with Gasteiger partial charge in [0.1, 0.15) is 0 Å². The first-order chi connectivity index (χ1) is 14.6. The summed E-state index contributed by atoms with van der Waals surface area (Å²) >= 11 is 0. The number of hydrogen-bond acceptors (Lipinski definition) is 4. The molecule has 0 aromatic heterocycles. The molecule has 1 aliphatic heterocycles. The first-order valence-electron chi connectivity index (χ1n) is 11.5. The number of carbonyl (C=O) groups is 2. The lowest BCUT2D eigenvalue weighted by Gasteiger charge is -2.28. The molecule has 1 aromatic carbocycles. The monoisotopic (exact) mass is 416 g/mol. The van der Waals surface area contributed by atoms with Crippen molar-refractivity contribution in [2.75, 3.05) is 39.9 Å². The van der Waals surface area contributed by atoms with Gasteiger partial charge in [-0.15, -0.1) is 0 Å². The van der Waals surface area contributed by atoms with Gasteiger partial charge in [0, 0.05) is 38.5 Å². The molecule has 0 radical (unpaired) electrons. The van der Waals surface area contributed by atoms with Gasteiger partial charge in [0.05, 0.1) is 13.7 Å². The van der Waals surface area contributed by atoms with Gasteiger partial charge in [-0.1, -0.05) is 25.3 Å². The quantitative estimate of drug-likeness (QED) is 0.681. The largest absolute Gasteiger partial charge is 0.493 e. The maximum Gasteiger partial charge on any atom is 0.225 e. The maximum atomic E-state index is 12.8. The maximum absolute atomic E-state index is 12.8. The molecule has 6 nitrogen and oxygen atoms in total. The lowest BCUT2D eigenvalue weighted by molar-refractivity contribution is -0.137. The summed E-state index contributed by atoms with van der Waals surface area (Å²) in [6.45, 7) is 5.34. The molecule has 0 spiro atoms. The zero-order valence-electron chi connectivity index (χ0n) is 18.5. The van der Waals surface area contributed by atoms with Gasteiger partial charge in [-0.2, -0.15) is 0 Å². The number of benzene rings is 1. The fraction of sp³-hybridized carbons (Fsp3) is 0.667. The van der Waals surface area contributed by atoms with Gasteiger partial charge < -0.3 is 19.3 Å². The van der Waals surface area contributed by atoms with Gasteiger partial charge in [0.2, 0.25) is 11.8 Å². The minimum absolute atomic E-state index is 0.162. The van der Waals surface area contributed by atoms with E-state index in [9.17, 15) is 9.59 Å². The van der Waals surface area contributed by atoms with Gasteiger partial charge in [-0.25, -0.2) is 0 Å². The summed E-state index contributed by atoms with van der Waals surface area (Å²) in [5, 5.41) is 0. The minimum atomic E-state index is 0.162. The van der Waals surface area contributed by atoms with E-state index >= 15 is 0 Å². The van der Waals surface area contributed by atoms with Crippen LogP contribution in [0.5, 0.6) is 11.5 Å². The van der Waals surface area contributed by atoms with Crippen molar-refractivity contribution in [2.45, 2.75) is 58.3 Å². The van der Waals surface area contributed by atoms with Gasteiger partial charge in [-0.05, 0) is 50.3 Å². The van der Waals surface area contributed by atoms with E-state index in [2.05, 4.69) is 0 Å². The lowest BCUT2D eigenvalue weighted by Crippen LogP contribution is -2.40. The summed E-state index contributed by atoms with van der Waals surface area (Å²) in [6, 6.07) is 5.85. The summed E-state index contributed by atoms with van der Waals surface area (Å²) < 4.78 is 11.0. The molecule has 30 heavy (non-hydrogen) atoms. The number of aryl methyl sites for hydroxylation is 1. The molecule has 0 bridgehead atoms. The molecule has 2 aliphatic rings. The predicted molar refractivity (Wildman–Crippen MR) is 117 cm³/mol. The average molecular weight is 417 g/mol. The molecular weight excluding hydrogens is 380 g/mol. The van der Waals surface area contributed by atoms with Crippen molar-refractivity contribution in [3.63, 3.8) is 0 Å². The van der Waals surface area contributed by atoms with E-state index in [1.165, 1.54) is 19.3 Å². The Morgan fingerprint density at radius 1 is 0.967 bits per heavy atom. The average Bonchev–Trinajstić information content (AvgIpc) is 3.05. The van der Waals surface area contributed by atoms with Crippen LogP contribution in [0.3, 0.4) is 0 Å². The molecule has 0 unspecified atom stereocenters. The Hall–Kier alpha value is -2.24. The molecule has 0 atom stereocenters. The van der Waals surface area contributed by atoms with Gasteiger partial charge in [0.25, 0.3) is 0 Å². The van der Waals surface area contributed by atoms with Crippen LogP contribution < -0.4 is 9.47 Å². The van der Waals surface area contributed by atoms with Crippen molar-refractivity contribution in [2.24, 2.45) is 5.92 Å². The number of nitrogens with zero attached hydrogens (tertiary/aromatic N) is 2. The van der Waals surface area contributed by atoms with Gasteiger partial charge in [-0.3, -0.25) is 9.59 Å². The van der Waals surface area contributed by atoms with Gasteiger partial charge in [0.15, 0.2) is 11.5 Å². The highest BCUT2D eigenvalue weighted by molar-refractivity contribution is 5.79. The number of ether oxygens (including phenoxy) is 2. The standard InChI is InChI=1S/C24H36N2O4/c1-3-30-21-12-10-19(18-22(21)29-2)11-13-23(27)25-14-7-15-26(17-16-25)24(28)20-8-5-4-6-9-20/h10,12,18,20H,3-9,11,13-17H2,1-2H3. The zero-order chi connectivity index (χ0) is 21.3. The van der Waals surface area contributed by atoms with Crippen LogP contribution in [0.15, 0.2) is 18.2 Å². The van der Waals surface area contributed by atoms with Crippen LogP contribution >= 0.6 is 0 Å². The normalized spacial score (nSPS) is 18.1. The van der Waals surface area contributed by atoms with Crippen molar-refractivity contribution in [1.82, 2.24) is 9.80 Å². The van der Waals surface area contributed by atoms with E-state index in [4.69, 9.17) is 9.47 Å². The first-order valence-corrected chi connectivity index (χ1v) is 11.5. The van der Waals surface area contributed by atoms with E-state index in [-0.39, 0.29) is 11.8 Å². The molecule has 2 fully saturated rings. The van der Waals surface area contributed by atoms with Crippen molar-refractivity contribution < 1.29 is 19.1 Å². The van der Waals surface area contributed by atoms with Crippen LogP contribution in [-0.2, 0) is 16.0 Å². The van der Waals surface area contributed by atoms with Crippen molar-refractivity contribution >= 4 is 11.8 Å². The SMILES string of the molecule is CCOc1ccc(CCC(=O)N2CCCN(C(=O)C3CCCCC3)CC2)cc1OC. The first kappa shape index (κ1) is 22.4. The second-order valence-electron chi connectivity index (χ2n) is 8.31. The Morgan fingerprint density at radius 2 is 1.70 bits per heavy atom. The Bertz CT molecular complexity index is 715. The molecule has 3 rings (SSSR count). The molecule has 2 amide bonds. The summed E-state index contributed by atoms with van der Waals surface area (Å²) in [5.41, 5.74) is 1.06. The Morgan fingerprint density at radius 3 is 2.43 bits per heavy atom. The van der Waals surface area contributed by atoms with Crippen molar-refractivity contribution in [1.29, 1.82) is 0 Å². The third-order valence-electron chi connectivity index (χ3n) is 6.27. The molecule has 0 N–H and O–H groups in total. The van der Waals surface area contributed by atoms with Crippen LogP contribution in [0, 0.1) is 5.92 Å². The van der Waals surface area contributed by atoms with Crippen LogP contribution in [0.25, 0.3) is 0 Å². The third kappa shape index (κ3) is 5.89. The van der Waals surface area contributed by atoms with Crippen molar-refractivity contribution in [3.05, 3.63) is 23.8 Å². The Labute approximate surface area is 180 Å². The van der Waals surface area contributed by atoms with Crippen LogP contribution in [0.2, 0.25) is 0 Å². The summed E-state index contributed by atoms with van der Waals surface area (Å²) in [5.74, 6) is 2.11. The van der Waals surface area contributed by atoms with E-state index in [1.54, 1.807) is 7.11 Å². The second kappa shape index (κ2) is 11.2. The highest BCUT2D eigenvalue weighted by Crippen LogP contribution is 2.29. The molecule has 1 aromatic rings. The highest BCUT2D eigenvalue weighted by atomic mass is 16.5. The van der Waals surface area contributed by atoms with E-state index < -0.39 is 0 Å². The minimum Gasteiger partial charge on any atom is -0.493 e. The summed E-state index contributed by atoms with van der Waals surface area (Å²) in [4.78, 5) is 29.6. The summed E-state index contributed by atoms with van der Waals surface area (Å²) in [6.07, 6.45) is 7.66. The smallest absolute Gasteiger partial charge is 0.225 e. The predicted octanol–water partition coefficient (Wildman–Crippen LogP) is 3.67. The number of hydrogen-bond donors (Lipinski definition) is 0. The fourth-order valence-electron chi connectivity index (χ4n) is 4.55. The third-order valence-corrected chi connectivity index (χ3v) is 6.27. The molecule has 1 heterocycles. The fourth-order valence-corrected chi connectivity index (χ4v) is 4.55. The van der Waals surface area contributed by atoms with Crippen LogP contribution in [0.1, 0.15) is 57.4 Å². The highest BCUT2D eigenvalue weighted by Gasteiger charge is 2.28. The molecule has 166 valence electrons. The zero-order valence-corrected chi connectivity index (χ0v) is 18.5.